The Hall–Kier alpha value is -0.810. The molecule has 0 radical (unpaired) electrons. The van der Waals surface area contributed by atoms with Crippen LogP contribution in [0.2, 0.25) is 0 Å². The second-order valence-corrected chi connectivity index (χ2v) is 5.77. The van der Waals surface area contributed by atoms with Crippen LogP contribution < -0.4 is 11.1 Å². The minimum absolute atomic E-state index is 0.0572. The van der Waals surface area contributed by atoms with Gasteiger partial charge in [0.15, 0.2) is 5.96 Å². The van der Waals surface area contributed by atoms with Crippen molar-refractivity contribution in [2.45, 2.75) is 45.8 Å². The molecule has 0 aliphatic heterocycles. The quantitative estimate of drug-likeness (QED) is 0.529. The minimum Gasteiger partial charge on any atom is -0.377 e. The Morgan fingerprint density at radius 1 is 1.39 bits per heavy atom. The van der Waals surface area contributed by atoms with Crippen LogP contribution in [-0.2, 0) is 4.74 Å². The summed E-state index contributed by atoms with van der Waals surface area (Å²) in [7, 11) is 4.11. The molecule has 108 valence electrons. The molecule has 0 aromatic rings. The maximum Gasteiger partial charge on any atom is 0.189 e. The van der Waals surface area contributed by atoms with Crippen molar-refractivity contribution in [1.82, 2.24) is 10.2 Å². The number of aliphatic imine (C=N–C) groups is 1. The van der Waals surface area contributed by atoms with E-state index in [9.17, 15) is 0 Å². The number of guanidine groups is 1. The zero-order valence-electron chi connectivity index (χ0n) is 12.8. The molecule has 1 unspecified atom stereocenters. The zero-order chi connectivity index (χ0) is 14.2. The normalized spacial score (nSPS) is 14.9. The third-order valence-corrected chi connectivity index (χ3v) is 2.27. The van der Waals surface area contributed by atoms with Crippen molar-refractivity contribution in [3.8, 4) is 0 Å². The van der Waals surface area contributed by atoms with E-state index in [-0.39, 0.29) is 11.6 Å². The number of hydrogen-bond acceptors (Lipinski definition) is 3. The Bertz CT molecular complexity index is 246. The maximum atomic E-state index is 5.83. The lowest BCUT2D eigenvalue weighted by atomic mass is 10.1. The van der Waals surface area contributed by atoms with Gasteiger partial charge in [-0.1, -0.05) is 0 Å². The van der Waals surface area contributed by atoms with E-state index in [4.69, 9.17) is 10.5 Å². The van der Waals surface area contributed by atoms with E-state index < -0.39 is 0 Å². The summed E-state index contributed by atoms with van der Waals surface area (Å²) < 4.78 is 5.66. The van der Waals surface area contributed by atoms with E-state index in [1.807, 2.05) is 6.92 Å². The summed E-state index contributed by atoms with van der Waals surface area (Å²) in [5.74, 6) is 0.483. The van der Waals surface area contributed by atoms with Crippen molar-refractivity contribution in [1.29, 1.82) is 0 Å². The largest absolute Gasteiger partial charge is 0.377 e. The molecule has 0 saturated carbocycles. The van der Waals surface area contributed by atoms with Gasteiger partial charge in [-0.3, -0.25) is 4.99 Å². The summed E-state index contributed by atoms with van der Waals surface area (Å²) in [5.41, 5.74) is 5.78. The van der Waals surface area contributed by atoms with Crippen molar-refractivity contribution in [3.63, 3.8) is 0 Å². The first kappa shape index (κ1) is 17.2. The van der Waals surface area contributed by atoms with E-state index in [1.54, 1.807) is 0 Å². The lowest BCUT2D eigenvalue weighted by Gasteiger charge is -2.22. The first-order valence-corrected chi connectivity index (χ1v) is 6.59. The van der Waals surface area contributed by atoms with Crippen molar-refractivity contribution in [2.75, 3.05) is 33.8 Å². The molecule has 5 nitrogen and oxygen atoms in total. The summed E-state index contributed by atoms with van der Waals surface area (Å²) in [6, 6.07) is 0. The first-order valence-electron chi connectivity index (χ1n) is 6.59. The number of nitrogens with zero attached hydrogens (tertiary/aromatic N) is 2. The predicted octanol–water partition coefficient (Wildman–Crippen LogP) is 1.05. The van der Waals surface area contributed by atoms with Crippen molar-refractivity contribution >= 4 is 5.96 Å². The number of nitrogens with two attached hydrogens (primary N) is 1. The lowest BCUT2D eigenvalue weighted by Crippen LogP contribution is -2.45. The van der Waals surface area contributed by atoms with Crippen LogP contribution in [0, 0.1) is 0 Å². The average molecular weight is 258 g/mol. The minimum atomic E-state index is -0.0572. The monoisotopic (exact) mass is 258 g/mol. The van der Waals surface area contributed by atoms with Crippen molar-refractivity contribution in [2.24, 2.45) is 10.7 Å². The summed E-state index contributed by atoms with van der Waals surface area (Å²) in [6.07, 6.45) is 1.10. The van der Waals surface area contributed by atoms with Gasteiger partial charge in [0.2, 0.25) is 0 Å². The number of hydrogen-bond donors (Lipinski definition) is 2. The second-order valence-electron chi connectivity index (χ2n) is 5.77. The molecule has 0 fully saturated rings. The van der Waals surface area contributed by atoms with Gasteiger partial charge in [-0.2, -0.15) is 0 Å². The topological polar surface area (TPSA) is 62.9 Å². The highest BCUT2D eigenvalue weighted by molar-refractivity contribution is 5.78. The van der Waals surface area contributed by atoms with Crippen LogP contribution in [0.15, 0.2) is 4.99 Å². The molecule has 0 aliphatic carbocycles. The molecule has 18 heavy (non-hydrogen) atoms. The summed E-state index contributed by atoms with van der Waals surface area (Å²) in [5, 5.41) is 3.14. The number of nitrogens with one attached hydrogen (secondary N) is 1. The van der Waals surface area contributed by atoms with Gasteiger partial charge < -0.3 is 20.7 Å². The number of rotatable bonds is 7. The molecule has 5 heteroatoms. The molecule has 3 N–H and O–H groups in total. The van der Waals surface area contributed by atoms with Gasteiger partial charge in [-0.25, -0.2) is 0 Å². The van der Waals surface area contributed by atoms with Crippen LogP contribution in [-0.4, -0.2) is 56.3 Å². The fraction of sp³-hybridized carbons (Fsp3) is 0.923. The Morgan fingerprint density at radius 2 is 2.00 bits per heavy atom. The fourth-order valence-electron chi connectivity index (χ4n) is 1.49. The third-order valence-electron chi connectivity index (χ3n) is 2.27. The molecule has 0 heterocycles. The first-order chi connectivity index (χ1) is 8.24. The van der Waals surface area contributed by atoms with Gasteiger partial charge in [-0.15, -0.1) is 0 Å². The number of ether oxygens (including phenoxy) is 1. The van der Waals surface area contributed by atoms with Gasteiger partial charge in [0, 0.05) is 18.7 Å². The van der Waals surface area contributed by atoms with Gasteiger partial charge in [0.1, 0.15) is 0 Å². The van der Waals surface area contributed by atoms with Crippen molar-refractivity contribution < 1.29 is 4.74 Å². The fourth-order valence-corrected chi connectivity index (χ4v) is 1.49. The molecule has 0 aromatic heterocycles. The predicted molar refractivity (Wildman–Crippen MR) is 78.0 cm³/mol. The lowest BCUT2D eigenvalue weighted by molar-refractivity contribution is 0.0582. The third kappa shape index (κ3) is 10.4. The molecular weight excluding hydrogens is 228 g/mol. The van der Waals surface area contributed by atoms with E-state index in [0.29, 0.717) is 19.1 Å². The molecule has 0 aromatic carbocycles. The van der Waals surface area contributed by atoms with Crippen molar-refractivity contribution in [3.05, 3.63) is 0 Å². The van der Waals surface area contributed by atoms with Gasteiger partial charge in [-0.05, 0) is 48.2 Å². The van der Waals surface area contributed by atoms with E-state index in [1.165, 1.54) is 0 Å². The Labute approximate surface area is 112 Å². The van der Waals surface area contributed by atoms with Crippen LogP contribution in [0.25, 0.3) is 0 Å². The van der Waals surface area contributed by atoms with Gasteiger partial charge in [0.05, 0.1) is 12.6 Å². The van der Waals surface area contributed by atoms with Crippen LogP contribution >= 0.6 is 0 Å². The Kier molecular flexibility index (Phi) is 7.95. The molecule has 0 rings (SSSR count). The molecular formula is C13H30N4O. The highest BCUT2D eigenvalue weighted by atomic mass is 16.5. The smallest absolute Gasteiger partial charge is 0.189 e. The van der Waals surface area contributed by atoms with Gasteiger partial charge >= 0.3 is 0 Å². The highest BCUT2D eigenvalue weighted by Crippen LogP contribution is 2.01. The summed E-state index contributed by atoms with van der Waals surface area (Å²) in [6.45, 7) is 10.5. The standard InChI is InChI=1S/C13H30N4O/c1-7-18-11(8-9-17(5)6)10-15-12(14)16-13(2,3)4/h11H,7-10H2,1-6H3,(H3,14,15,16). The average Bonchev–Trinajstić information content (AvgIpc) is 2.19. The van der Waals surface area contributed by atoms with Crippen LogP contribution in [0.1, 0.15) is 34.1 Å². The zero-order valence-corrected chi connectivity index (χ0v) is 12.8. The second kappa shape index (κ2) is 8.32. The van der Waals surface area contributed by atoms with Crippen LogP contribution in [0.3, 0.4) is 0 Å². The van der Waals surface area contributed by atoms with Gasteiger partial charge in [0.25, 0.3) is 0 Å². The molecule has 0 amide bonds. The molecule has 0 spiro atoms. The maximum absolute atomic E-state index is 5.83. The highest BCUT2D eigenvalue weighted by Gasteiger charge is 2.12. The van der Waals surface area contributed by atoms with E-state index >= 15 is 0 Å². The Morgan fingerprint density at radius 3 is 2.44 bits per heavy atom. The summed E-state index contributed by atoms with van der Waals surface area (Å²) >= 11 is 0. The summed E-state index contributed by atoms with van der Waals surface area (Å²) in [4.78, 5) is 6.49. The van der Waals surface area contributed by atoms with E-state index in [0.717, 1.165) is 13.0 Å². The van der Waals surface area contributed by atoms with Crippen LogP contribution in [0.5, 0.6) is 0 Å². The molecule has 0 saturated heterocycles. The Balaban J connectivity index is 4.19. The SMILES string of the molecule is CCOC(CCN(C)C)CN=C(N)NC(C)(C)C. The molecule has 0 bridgehead atoms. The molecule has 0 aliphatic rings. The van der Waals surface area contributed by atoms with E-state index in [2.05, 4.69) is 50.1 Å². The van der Waals surface area contributed by atoms with Crippen LogP contribution in [0.4, 0.5) is 0 Å². The molecule has 1 atom stereocenters.